The fourth-order valence-electron chi connectivity index (χ4n) is 2.66. The fourth-order valence-corrected chi connectivity index (χ4v) is 2.66. The smallest absolute Gasteiger partial charge is 0.378 e. The molecule has 0 aliphatic carbocycles. The van der Waals surface area contributed by atoms with E-state index in [1.807, 2.05) is 0 Å². The highest BCUT2D eigenvalue weighted by Gasteiger charge is 2.33. The molecule has 0 saturated heterocycles. The van der Waals surface area contributed by atoms with E-state index in [0.717, 1.165) is 12.1 Å². The Morgan fingerprint density at radius 2 is 1.87 bits per heavy atom. The molecule has 1 amide bonds. The van der Waals surface area contributed by atoms with Gasteiger partial charge in [0.2, 0.25) is 0 Å². The molecule has 12 heteroatoms. The first-order valence-electron chi connectivity index (χ1n) is 8.93. The number of amides is 1. The second-order valence-electron chi connectivity index (χ2n) is 6.39. The van der Waals surface area contributed by atoms with Crippen LogP contribution in [0.1, 0.15) is 21.7 Å². The molecule has 0 aliphatic rings. The van der Waals surface area contributed by atoms with Crippen LogP contribution in [0, 0.1) is 17.0 Å². The molecule has 0 fully saturated rings. The van der Waals surface area contributed by atoms with Crippen LogP contribution >= 0.6 is 0 Å². The van der Waals surface area contributed by atoms with Crippen molar-refractivity contribution < 1.29 is 27.4 Å². The first-order valence-corrected chi connectivity index (χ1v) is 8.93. The predicted molar refractivity (Wildman–Crippen MR) is 103 cm³/mol. The molecular formula is C19H16F3N5O4. The number of aromatic nitrogens is 2. The van der Waals surface area contributed by atoms with Crippen LogP contribution in [-0.4, -0.2) is 34.1 Å². The molecule has 162 valence electrons. The molecule has 0 saturated carbocycles. The summed E-state index contributed by atoms with van der Waals surface area (Å²) in [5, 5.41) is 20.0. The van der Waals surface area contributed by atoms with Crippen LogP contribution in [0.2, 0.25) is 0 Å². The van der Waals surface area contributed by atoms with Gasteiger partial charge in [-0.25, -0.2) is 0 Å². The van der Waals surface area contributed by atoms with E-state index in [9.17, 15) is 28.1 Å². The third-order valence-electron chi connectivity index (χ3n) is 4.17. The summed E-state index contributed by atoms with van der Waals surface area (Å²) in [7, 11) is 0. The Morgan fingerprint density at radius 1 is 1.16 bits per heavy atom. The molecule has 0 atom stereocenters. The molecule has 0 unspecified atom stereocenters. The summed E-state index contributed by atoms with van der Waals surface area (Å²) >= 11 is 0. The van der Waals surface area contributed by atoms with Gasteiger partial charge >= 0.3 is 6.18 Å². The molecular weight excluding hydrogens is 419 g/mol. The van der Waals surface area contributed by atoms with Gasteiger partial charge in [0.05, 0.1) is 10.5 Å². The number of alkyl halides is 3. The minimum atomic E-state index is -4.69. The second-order valence-corrected chi connectivity index (χ2v) is 6.39. The molecule has 3 rings (SSSR count). The summed E-state index contributed by atoms with van der Waals surface area (Å²) in [6, 6.07) is 8.63. The van der Waals surface area contributed by atoms with Crippen molar-refractivity contribution in [1.29, 1.82) is 0 Å². The number of anilines is 1. The van der Waals surface area contributed by atoms with Crippen molar-refractivity contribution in [1.82, 2.24) is 15.5 Å². The Bertz CT molecular complexity index is 1100. The molecule has 1 aromatic heterocycles. The lowest BCUT2D eigenvalue weighted by Crippen LogP contribution is -2.28. The number of aryl methyl sites for hydroxylation is 1. The highest BCUT2D eigenvalue weighted by Crippen LogP contribution is 2.34. The average Bonchev–Trinajstić information content (AvgIpc) is 3.16. The van der Waals surface area contributed by atoms with Crippen molar-refractivity contribution in [2.24, 2.45) is 0 Å². The summed E-state index contributed by atoms with van der Waals surface area (Å²) in [6.45, 7) is 1.83. The molecule has 3 aromatic rings. The average molecular weight is 435 g/mol. The van der Waals surface area contributed by atoms with E-state index >= 15 is 0 Å². The number of carbonyl (C=O) groups excluding carboxylic acids is 1. The molecule has 1 heterocycles. The van der Waals surface area contributed by atoms with Crippen LogP contribution in [0.3, 0.4) is 0 Å². The number of benzene rings is 2. The Hall–Kier alpha value is -3.96. The van der Waals surface area contributed by atoms with Gasteiger partial charge in [0.1, 0.15) is 5.69 Å². The zero-order valence-electron chi connectivity index (χ0n) is 16.1. The van der Waals surface area contributed by atoms with E-state index in [-0.39, 0.29) is 18.8 Å². The lowest BCUT2D eigenvalue weighted by atomic mass is 10.1. The summed E-state index contributed by atoms with van der Waals surface area (Å²) in [5.74, 6) is 0.418. The number of nitro benzene ring substituents is 1. The molecule has 2 N–H and O–H groups in total. The number of halogens is 3. The number of hydrogen-bond acceptors (Lipinski definition) is 7. The highest BCUT2D eigenvalue weighted by molar-refractivity contribution is 5.94. The van der Waals surface area contributed by atoms with Crippen LogP contribution in [0.4, 0.5) is 24.5 Å². The van der Waals surface area contributed by atoms with Gasteiger partial charge in [-0.2, -0.15) is 18.2 Å². The molecule has 0 radical (unpaired) electrons. The van der Waals surface area contributed by atoms with Gasteiger partial charge in [-0.15, -0.1) is 0 Å². The van der Waals surface area contributed by atoms with Gasteiger partial charge in [0, 0.05) is 30.3 Å². The zero-order valence-corrected chi connectivity index (χ0v) is 16.1. The summed E-state index contributed by atoms with van der Waals surface area (Å²) in [4.78, 5) is 26.5. The quantitative estimate of drug-likeness (QED) is 0.329. The maximum absolute atomic E-state index is 12.7. The van der Waals surface area contributed by atoms with Gasteiger partial charge in [-0.1, -0.05) is 5.16 Å². The van der Waals surface area contributed by atoms with Crippen molar-refractivity contribution in [3.05, 3.63) is 69.5 Å². The zero-order chi connectivity index (χ0) is 22.6. The molecule has 2 aromatic carbocycles. The number of nitrogens with one attached hydrogen (secondary N) is 2. The normalized spacial score (nSPS) is 11.2. The number of carbonyl (C=O) groups is 1. The molecule has 0 bridgehead atoms. The van der Waals surface area contributed by atoms with Crippen molar-refractivity contribution in [3.63, 3.8) is 0 Å². The summed E-state index contributed by atoms with van der Waals surface area (Å²) in [6.07, 6.45) is -4.69. The molecule has 31 heavy (non-hydrogen) atoms. The van der Waals surface area contributed by atoms with Crippen LogP contribution in [-0.2, 0) is 6.18 Å². The van der Waals surface area contributed by atoms with Crippen LogP contribution in [0.5, 0.6) is 0 Å². The Balaban J connectivity index is 1.56. The minimum absolute atomic E-state index is 0.0668. The lowest BCUT2D eigenvalue weighted by molar-refractivity contribution is -0.384. The van der Waals surface area contributed by atoms with Crippen molar-refractivity contribution >= 4 is 17.3 Å². The van der Waals surface area contributed by atoms with Gasteiger partial charge < -0.3 is 15.2 Å². The standard InChI is InChI=1S/C19H16F3N5O4/c1-11-25-18(31-26-11)13-4-2-12(3-5-13)17(28)24-9-8-23-15-7-6-14(19(20,21)22)10-16(15)27(29)30/h2-7,10,23H,8-9H2,1H3,(H,24,28). The van der Waals surface area contributed by atoms with E-state index < -0.39 is 28.3 Å². The van der Waals surface area contributed by atoms with Crippen molar-refractivity contribution in [2.75, 3.05) is 18.4 Å². The summed E-state index contributed by atoms with van der Waals surface area (Å²) < 4.78 is 43.3. The maximum Gasteiger partial charge on any atom is 0.416 e. The Kier molecular flexibility index (Phi) is 6.18. The van der Waals surface area contributed by atoms with Crippen LogP contribution in [0.25, 0.3) is 11.5 Å². The van der Waals surface area contributed by atoms with E-state index in [0.29, 0.717) is 28.9 Å². The van der Waals surface area contributed by atoms with Crippen molar-refractivity contribution in [3.8, 4) is 11.5 Å². The largest absolute Gasteiger partial charge is 0.416 e. The minimum Gasteiger partial charge on any atom is -0.378 e. The molecule has 0 aliphatic heterocycles. The van der Waals surface area contributed by atoms with Gasteiger partial charge in [0.15, 0.2) is 5.82 Å². The lowest BCUT2D eigenvalue weighted by Gasteiger charge is -2.11. The second kappa shape index (κ2) is 8.81. The number of hydrogen-bond donors (Lipinski definition) is 2. The third kappa shape index (κ3) is 5.35. The van der Waals surface area contributed by atoms with Crippen LogP contribution < -0.4 is 10.6 Å². The van der Waals surface area contributed by atoms with E-state index in [1.165, 1.54) is 0 Å². The van der Waals surface area contributed by atoms with Gasteiger partial charge in [-0.05, 0) is 43.3 Å². The number of nitro groups is 1. The SMILES string of the molecule is Cc1noc(-c2ccc(C(=O)NCCNc3ccc(C(F)(F)F)cc3[N+](=O)[O-])cc2)n1. The highest BCUT2D eigenvalue weighted by atomic mass is 19.4. The number of nitrogens with zero attached hydrogens (tertiary/aromatic N) is 3. The topological polar surface area (TPSA) is 123 Å². The predicted octanol–water partition coefficient (Wildman–Crippen LogP) is 3.81. The van der Waals surface area contributed by atoms with Crippen molar-refractivity contribution in [2.45, 2.75) is 13.1 Å². The summed E-state index contributed by atoms with van der Waals surface area (Å²) in [5.41, 5.74) is -0.884. The van der Waals surface area contributed by atoms with Crippen LogP contribution in [0.15, 0.2) is 47.0 Å². The monoisotopic (exact) mass is 435 g/mol. The van der Waals surface area contributed by atoms with Gasteiger partial charge in [-0.3, -0.25) is 14.9 Å². The Labute approximate surface area is 173 Å². The third-order valence-corrected chi connectivity index (χ3v) is 4.17. The fraction of sp³-hybridized carbons (Fsp3) is 0.211. The first kappa shape index (κ1) is 21.7. The van der Waals surface area contributed by atoms with E-state index in [2.05, 4.69) is 20.8 Å². The molecule has 0 spiro atoms. The van der Waals surface area contributed by atoms with E-state index in [4.69, 9.17) is 4.52 Å². The van der Waals surface area contributed by atoms with E-state index in [1.54, 1.807) is 31.2 Å². The molecule has 9 nitrogen and oxygen atoms in total. The Morgan fingerprint density at radius 3 is 2.45 bits per heavy atom. The first-order chi connectivity index (χ1) is 14.6. The number of rotatable bonds is 7. The maximum atomic E-state index is 12.7. The van der Waals surface area contributed by atoms with Gasteiger partial charge in [0.25, 0.3) is 17.5 Å².